The van der Waals surface area contributed by atoms with Crippen LogP contribution in [0.25, 0.3) is 5.57 Å². The van der Waals surface area contributed by atoms with E-state index in [1.807, 2.05) is 0 Å². The number of alkyl halides is 3. The molecule has 0 amide bonds. The Morgan fingerprint density at radius 2 is 1.64 bits per heavy atom. The number of hydrogen-bond donors (Lipinski definition) is 0. The first-order valence-corrected chi connectivity index (χ1v) is 15.2. The van der Waals surface area contributed by atoms with Crippen LogP contribution < -0.4 is 14.1 Å². The van der Waals surface area contributed by atoms with Crippen LogP contribution in [0, 0.1) is 18.6 Å². The molecule has 2 aliphatic rings. The summed E-state index contributed by atoms with van der Waals surface area (Å²) in [6, 6.07) is 4.45. The Kier molecular flexibility index (Phi) is 6.66. The molecule has 1 heterocycles. The fraction of sp³-hybridized carbons (Fsp3) is 0.167. The SMILES string of the molecule is Cc1ccc(OC=O)cc1C1=C2C=C(F)C(=O)C(F)=C2[Si](C)(C)c2c1cc(F)c(OS(=O)(=O)C(F)(F)F)c2F. The van der Waals surface area contributed by atoms with E-state index in [0.29, 0.717) is 17.7 Å². The van der Waals surface area contributed by atoms with E-state index in [2.05, 4.69) is 4.18 Å². The van der Waals surface area contributed by atoms with Crippen LogP contribution in [0.5, 0.6) is 11.5 Å². The summed E-state index contributed by atoms with van der Waals surface area (Å²) in [5.74, 6) is -10.5. The second-order valence-electron chi connectivity index (χ2n) is 9.02. The van der Waals surface area contributed by atoms with E-state index in [0.717, 1.165) is 0 Å². The first-order chi connectivity index (χ1) is 17.9. The standard InChI is InChI=1S/C24H15F7O6SSi/c1-10-4-5-11(36-9-32)6-12(10)17-13-7-15(25)20(33)18(27)22(13)39(2,3)23-14(17)8-16(26)21(19(23)28)37-38(34,35)24(29,30)31/h4-9H,1-3H3. The summed E-state index contributed by atoms with van der Waals surface area (Å²) < 4.78 is 131. The van der Waals surface area contributed by atoms with Crippen LogP contribution in [0.1, 0.15) is 16.7 Å². The Hall–Kier alpha value is -3.72. The largest absolute Gasteiger partial charge is 0.534 e. The van der Waals surface area contributed by atoms with Gasteiger partial charge in [0.25, 0.3) is 6.47 Å². The van der Waals surface area contributed by atoms with Crippen molar-refractivity contribution in [3.63, 3.8) is 0 Å². The minimum absolute atomic E-state index is 0.0363. The molecule has 6 nitrogen and oxygen atoms in total. The molecule has 2 aromatic carbocycles. The number of hydrogen-bond acceptors (Lipinski definition) is 6. The number of ketones is 1. The molecular weight excluding hydrogens is 577 g/mol. The van der Waals surface area contributed by atoms with Gasteiger partial charge in [0.15, 0.2) is 23.3 Å². The maximum Gasteiger partial charge on any atom is 0.534 e. The number of aryl methyl sites for hydroxylation is 1. The number of benzene rings is 2. The summed E-state index contributed by atoms with van der Waals surface area (Å²) in [5.41, 5.74) is -6.55. The molecule has 1 aliphatic carbocycles. The minimum Gasteiger partial charge on any atom is -0.429 e. The number of Topliss-reactive ketones (excluding diaryl/α,β-unsaturated/α-hetero) is 1. The summed E-state index contributed by atoms with van der Waals surface area (Å²) in [7, 11) is -10.4. The third-order valence-corrected chi connectivity index (χ3v) is 10.7. The Morgan fingerprint density at radius 1 is 1.00 bits per heavy atom. The summed E-state index contributed by atoms with van der Waals surface area (Å²) in [4.78, 5) is 23.1. The van der Waals surface area contributed by atoms with Gasteiger partial charge in [0, 0.05) is 0 Å². The van der Waals surface area contributed by atoms with E-state index in [9.17, 15) is 35.6 Å². The zero-order valence-corrected chi connectivity index (χ0v) is 21.8. The van der Waals surface area contributed by atoms with Gasteiger partial charge < -0.3 is 8.92 Å². The van der Waals surface area contributed by atoms with Gasteiger partial charge >= 0.3 is 15.6 Å². The van der Waals surface area contributed by atoms with Crippen LogP contribution in [0.15, 0.2) is 52.8 Å². The smallest absolute Gasteiger partial charge is 0.429 e. The number of allylic oxidation sites excluding steroid dienone is 5. The van der Waals surface area contributed by atoms with Crippen LogP contribution >= 0.6 is 0 Å². The lowest BCUT2D eigenvalue weighted by Crippen LogP contribution is -2.52. The van der Waals surface area contributed by atoms with Crippen molar-refractivity contribution in [2.24, 2.45) is 0 Å². The highest BCUT2D eigenvalue weighted by Gasteiger charge is 2.51. The van der Waals surface area contributed by atoms with Gasteiger partial charge in [-0.25, -0.2) is 17.6 Å². The maximum atomic E-state index is 15.9. The normalized spacial score (nSPS) is 17.0. The molecule has 2 aromatic rings. The predicted molar refractivity (Wildman–Crippen MR) is 125 cm³/mol. The summed E-state index contributed by atoms with van der Waals surface area (Å²) in [6.07, 6.45) is 0.675. The van der Waals surface area contributed by atoms with Crippen molar-refractivity contribution in [3.8, 4) is 11.5 Å². The lowest BCUT2D eigenvalue weighted by Gasteiger charge is -2.38. The highest BCUT2D eigenvalue weighted by Crippen LogP contribution is 2.47. The quantitative estimate of drug-likeness (QED) is 0.160. The molecule has 0 unspecified atom stereocenters. The summed E-state index contributed by atoms with van der Waals surface area (Å²) >= 11 is 0. The molecule has 0 fully saturated rings. The lowest BCUT2D eigenvalue weighted by molar-refractivity contribution is -0.120. The summed E-state index contributed by atoms with van der Waals surface area (Å²) in [5, 5.41) is -1.07. The second kappa shape index (κ2) is 9.19. The molecule has 0 saturated heterocycles. The molecule has 206 valence electrons. The van der Waals surface area contributed by atoms with Gasteiger partial charge in [0.2, 0.25) is 11.5 Å². The van der Waals surface area contributed by atoms with Crippen molar-refractivity contribution in [1.29, 1.82) is 0 Å². The average Bonchev–Trinajstić information content (AvgIpc) is 2.80. The Balaban J connectivity index is 2.17. The average molecular weight is 593 g/mol. The molecule has 1 aliphatic heterocycles. The second-order valence-corrected chi connectivity index (χ2v) is 14.8. The summed E-state index contributed by atoms with van der Waals surface area (Å²) in [6.45, 7) is 4.08. The first-order valence-electron chi connectivity index (χ1n) is 10.8. The molecule has 0 spiro atoms. The monoisotopic (exact) mass is 592 g/mol. The number of ether oxygens (including phenoxy) is 1. The van der Waals surface area contributed by atoms with Crippen LogP contribution in [-0.2, 0) is 19.7 Å². The molecule has 0 radical (unpaired) electrons. The number of halogens is 7. The first kappa shape index (κ1) is 28.3. The molecule has 15 heteroatoms. The molecule has 0 N–H and O–H groups in total. The maximum absolute atomic E-state index is 15.9. The fourth-order valence-electron chi connectivity index (χ4n) is 4.61. The number of carbonyl (C=O) groups excluding carboxylic acids is 2. The van der Waals surface area contributed by atoms with Gasteiger partial charge in [-0.15, -0.1) is 0 Å². The number of carbonyl (C=O) groups is 2. The third kappa shape index (κ3) is 4.38. The predicted octanol–water partition coefficient (Wildman–Crippen LogP) is 4.97. The van der Waals surface area contributed by atoms with Crippen molar-refractivity contribution in [3.05, 3.63) is 81.1 Å². The van der Waals surface area contributed by atoms with Crippen LogP contribution in [0.4, 0.5) is 30.7 Å². The third-order valence-electron chi connectivity index (χ3n) is 6.28. The Labute approximate surface area is 217 Å². The highest BCUT2D eigenvalue weighted by atomic mass is 32.2. The van der Waals surface area contributed by atoms with Gasteiger partial charge in [-0.05, 0) is 69.4 Å². The van der Waals surface area contributed by atoms with E-state index in [4.69, 9.17) is 4.74 Å². The van der Waals surface area contributed by atoms with E-state index in [-0.39, 0.29) is 34.5 Å². The van der Waals surface area contributed by atoms with Gasteiger partial charge in [-0.2, -0.15) is 21.6 Å². The van der Waals surface area contributed by atoms with E-state index in [1.54, 1.807) is 0 Å². The van der Waals surface area contributed by atoms with Crippen LogP contribution in [-0.4, -0.2) is 34.3 Å². The molecular formula is C24H15F7O6SSi. The Morgan fingerprint density at radius 3 is 2.23 bits per heavy atom. The van der Waals surface area contributed by atoms with Crippen LogP contribution in [0.2, 0.25) is 13.1 Å². The zero-order chi connectivity index (χ0) is 29.2. The highest BCUT2D eigenvalue weighted by molar-refractivity contribution is 7.88. The van der Waals surface area contributed by atoms with Gasteiger partial charge in [-0.3, -0.25) is 9.59 Å². The van der Waals surface area contributed by atoms with E-state index in [1.165, 1.54) is 38.2 Å². The zero-order valence-electron chi connectivity index (χ0n) is 20.0. The van der Waals surface area contributed by atoms with Crippen molar-refractivity contribution < 1.29 is 57.7 Å². The van der Waals surface area contributed by atoms with E-state index >= 15 is 13.2 Å². The Bertz CT molecular complexity index is 1670. The fourth-order valence-corrected chi connectivity index (χ4v) is 8.39. The number of fused-ring (bicyclic) bond motifs is 2. The molecule has 39 heavy (non-hydrogen) atoms. The van der Waals surface area contributed by atoms with Crippen molar-refractivity contribution in [2.75, 3.05) is 0 Å². The number of rotatable bonds is 5. The molecule has 0 atom stereocenters. The van der Waals surface area contributed by atoms with Gasteiger partial charge in [0.05, 0.1) is 0 Å². The van der Waals surface area contributed by atoms with Crippen molar-refractivity contribution in [1.82, 2.24) is 0 Å². The van der Waals surface area contributed by atoms with Gasteiger partial charge in [-0.1, -0.05) is 19.2 Å². The topological polar surface area (TPSA) is 86.7 Å². The van der Waals surface area contributed by atoms with Crippen molar-refractivity contribution >= 4 is 41.2 Å². The van der Waals surface area contributed by atoms with Crippen molar-refractivity contribution in [2.45, 2.75) is 25.5 Å². The van der Waals surface area contributed by atoms with Gasteiger partial charge in [0.1, 0.15) is 13.8 Å². The van der Waals surface area contributed by atoms with Crippen LogP contribution in [0.3, 0.4) is 0 Å². The lowest BCUT2D eigenvalue weighted by atomic mass is 9.87. The minimum atomic E-state index is -6.52. The van der Waals surface area contributed by atoms with E-state index < -0.39 is 68.9 Å². The molecule has 4 rings (SSSR count). The molecule has 0 saturated carbocycles. The molecule has 0 aromatic heterocycles. The molecule has 0 bridgehead atoms.